The summed E-state index contributed by atoms with van der Waals surface area (Å²) in [6.07, 6.45) is 0. The monoisotopic (exact) mass is 232 g/mol. The maximum absolute atomic E-state index is 12.8. The van der Waals surface area contributed by atoms with Crippen LogP contribution in [-0.2, 0) is 0 Å². The van der Waals surface area contributed by atoms with Crippen LogP contribution < -0.4 is 5.32 Å². The number of oxazole rings is 1. The molecule has 3 rings (SSSR count). The van der Waals surface area contributed by atoms with Gasteiger partial charge >= 0.3 is 0 Å². The van der Waals surface area contributed by atoms with Gasteiger partial charge < -0.3 is 9.73 Å². The molecule has 88 valence electrons. The van der Waals surface area contributed by atoms with E-state index in [4.69, 9.17) is 4.42 Å². The van der Waals surface area contributed by atoms with Crippen molar-refractivity contribution in [3.05, 3.63) is 41.5 Å². The number of aryl methyl sites for hydroxylation is 1. The average Bonchev–Trinajstić information content (AvgIpc) is 2.60. The average molecular weight is 232 g/mol. The number of rotatable bonds is 2. The minimum atomic E-state index is -0.250. The van der Waals surface area contributed by atoms with Crippen LogP contribution in [0.4, 0.5) is 4.39 Å². The highest BCUT2D eigenvalue weighted by Crippen LogP contribution is 2.28. The fourth-order valence-corrected chi connectivity index (χ4v) is 1.98. The molecule has 0 atom stereocenters. The van der Waals surface area contributed by atoms with Gasteiger partial charge in [0, 0.05) is 24.6 Å². The van der Waals surface area contributed by atoms with Gasteiger partial charge in [0.2, 0.25) is 5.89 Å². The van der Waals surface area contributed by atoms with E-state index in [0.717, 1.165) is 30.1 Å². The summed E-state index contributed by atoms with van der Waals surface area (Å²) < 4.78 is 18.5. The van der Waals surface area contributed by atoms with Gasteiger partial charge in [-0.2, -0.15) is 0 Å². The predicted octanol–water partition coefficient (Wildman–Crippen LogP) is 2.48. The highest BCUT2D eigenvalue weighted by molar-refractivity contribution is 5.53. The van der Waals surface area contributed by atoms with Gasteiger partial charge in [0.15, 0.2) is 0 Å². The molecule has 1 saturated heterocycles. The molecule has 3 nitrogen and oxygen atoms in total. The smallest absolute Gasteiger partial charge is 0.226 e. The molecule has 0 spiro atoms. The van der Waals surface area contributed by atoms with Crippen molar-refractivity contribution in [2.24, 2.45) is 0 Å². The van der Waals surface area contributed by atoms with Crippen molar-refractivity contribution >= 4 is 0 Å². The van der Waals surface area contributed by atoms with E-state index in [1.807, 2.05) is 6.92 Å². The van der Waals surface area contributed by atoms with Crippen molar-refractivity contribution in [1.82, 2.24) is 10.3 Å². The van der Waals surface area contributed by atoms with E-state index in [-0.39, 0.29) is 5.82 Å². The Hall–Kier alpha value is -1.68. The van der Waals surface area contributed by atoms with Crippen LogP contribution in [0.1, 0.15) is 17.4 Å². The molecular weight excluding hydrogens is 219 g/mol. The number of aromatic nitrogens is 1. The molecule has 1 aromatic carbocycles. The summed E-state index contributed by atoms with van der Waals surface area (Å²) in [5.74, 6) is 1.63. The van der Waals surface area contributed by atoms with Gasteiger partial charge in [0.05, 0.1) is 5.69 Å². The third-order valence-corrected chi connectivity index (χ3v) is 3.09. The first kappa shape index (κ1) is 10.5. The Morgan fingerprint density at radius 1 is 1.29 bits per heavy atom. The van der Waals surface area contributed by atoms with Gasteiger partial charge in [0.1, 0.15) is 11.6 Å². The SMILES string of the molecule is Cc1oc(-c2ccc(F)cc2)nc1C1CNC1. The second kappa shape index (κ2) is 3.96. The van der Waals surface area contributed by atoms with Gasteiger partial charge in [-0.15, -0.1) is 0 Å². The van der Waals surface area contributed by atoms with E-state index in [2.05, 4.69) is 10.3 Å². The van der Waals surface area contributed by atoms with Crippen LogP contribution in [0.2, 0.25) is 0 Å². The Balaban J connectivity index is 1.95. The van der Waals surface area contributed by atoms with Crippen molar-refractivity contribution < 1.29 is 8.81 Å². The van der Waals surface area contributed by atoms with Crippen LogP contribution >= 0.6 is 0 Å². The zero-order valence-corrected chi connectivity index (χ0v) is 9.53. The third kappa shape index (κ3) is 1.85. The first-order chi connectivity index (χ1) is 8.24. The van der Waals surface area contributed by atoms with Crippen molar-refractivity contribution in [1.29, 1.82) is 0 Å². The number of hydrogen-bond donors (Lipinski definition) is 1. The molecule has 17 heavy (non-hydrogen) atoms. The molecule has 0 saturated carbocycles. The predicted molar refractivity (Wildman–Crippen MR) is 62.2 cm³/mol. The summed E-state index contributed by atoms with van der Waals surface area (Å²) in [4.78, 5) is 4.50. The molecule has 1 aromatic heterocycles. The Kier molecular flexibility index (Phi) is 2.44. The number of halogens is 1. The molecule has 2 aromatic rings. The van der Waals surface area contributed by atoms with Crippen LogP contribution in [0.25, 0.3) is 11.5 Å². The minimum Gasteiger partial charge on any atom is -0.441 e. The standard InChI is InChI=1S/C13H13FN2O/c1-8-12(10-6-15-7-10)16-13(17-8)9-2-4-11(14)5-3-9/h2-5,10,15H,6-7H2,1H3. The minimum absolute atomic E-state index is 0.250. The number of nitrogens with one attached hydrogen (secondary N) is 1. The van der Waals surface area contributed by atoms with E-state index >= 15 is 0 Å². The van der Waals surface area contributed by atoms with Crippen LogP contribution in [-0.4, -0.2) is 18.1 Å². The number of nitrogens with zero attached hydrogens (tertiary/aromatic N) is 1. The zero-order valence-electron chi connectivity index (χ0n) is 9.53. The summed E-state index contributed by atoms with van der Waals surface area (Å²) in [5.41, 5.74) is 1.83. The molecule has 1 N–H and O–H groups in total. The van der Waals surface area contributed by atoms with E-state index in [1.54, 1.807) is 12.1 Å². The highest BCUT2D eigenvalue weighted by atomic mass is 19.1. The normalized spacial score (nSPS) is 15.9. The topological polar surface area (TPSA) is 38.1 Å². The quantitative estimate of drug-likeness (QED) is 0.864. The van der Waals surface area contributed by atoms with E-state index < -0.39 is 0 Å². The number of benzene rings is 1. The van der Waals surface area contributed by atoms with Gasteiger partial charge in [-0.3, -0.25) is 0 Å². The summed E-state index contributed by atoms with van der Waals surface area (Å²) in [5, 5.41) is 3.21. The molecule has 2 heterocycles. The van der Waals surface area contributed by atoms with Crippen LogP contribution in [0, 0.1) is 12.7 Å². The molecular formula is C13H13FN2O. The third-order valence-electron chi connectivity index (χ3n) is 3.09. The van der Waals surface area contributed by atoms with Gasteiger partial charge in [0.25, 0.3) is 0 Å². The summed E-state index contributed by atoms with van der Waals surface area (Å²) >= 11 is 0. The Labute approximate surface area is 98.7 Å². The molecule has 1 aliphatic heterocycles. The van der Waals surface area contributed by atoms with Gasteiger partial charge in [-0.05, 0) is 31.2 Å². The fraction of sp³-hybridized carbons (Fsp3) is 0.308. The van der Waals surface area contributed by atoms with Crippen LogP contribution in [0.15, 0.2) is 28.7 Å². The molecule has 4 heteroatoms. The largest absolute Gasteiger partial charge is 0.441 e. The lowest BCUT2D eigenvalue weighted by atomic mass is 9.98. The molecule has 0 bridgehead atoms. The second-order valence-electron chi connectivity index (χ2n) is 4.32. The van der Waals surface area contributed by atoms with Gasteiger partial charge in [-0.25, -0.2) is 9.37 Å². The molecule has 1 aliphatic rings. The maximum atomic E-state index is 12.8. The lowest BCUT2D eigenvalue weighted by molar-refractivity contribution is 0.433. The Morgan fingerprint density at radius 2 is 2.00 bits per heavy atom. The molecule has 0 radical (unpaired) electrons. The Bertz CT molecular complexity index is 529. The summed E-state index contributed by atoms with van der Waals surface area (Å²) in [6.45, 7) is 3.83. The molecule has 1 fully saturated rings. The van der Waals surface area contributed by atoms with E-state index in [0.29, 0.717) is 11.8 Å². The first-order valence-electron chi connectivity index (χ1n) is 5.68. The van der Waals surface area contributed by atoms with E-state index in [9.17, 15) is 4.39 Å². The van der Waals surface area contributed by atoms with Crippen LogP contribution in [0.3, 0.4) is 0 Å². The van der Waals surface area contributed by atoms with Crippen molar-refractivity contribution in [2.45, 2.75) is 12.8 Å². The lowest BCUT2D eigenvalue weighted by Crippen LogP contribution is -2.40. The fourth-order valence-electron chi connectivity index (χ4n) is 1.98. The summed E-state index contributed by atoms with van der Waals surface area (Å²) in [6, 6.07) is 6.20. The highest BCUT2D eigenvalue weighted by Gasteiger charge is 2.25. The Morgan fingerprint density at radius 3 is 2.59 bits per heavy atom. The number of hydrogen-bond acceptors (Lipinski definition) is 3. The van der Waals surface area contributed by atoms with Crippen molar-refractivity contribution in [3.63, 3.8) is 0 Å². The van der Waals surface area contributed by atoms with Crippen LogP contribution in [0.5, 0.6) is 0 Å². The van der Waals surface area contributed by atoms with Crippen molar-refractivity contribution in [3.8, 4) is 11.5 Å². The first-order valence-corrected chi connectivity index (χ1v) is 5.68. The lowest BCUT2D eigenvalue weighted by Gasteiger charge is -2.25. The maximum Gasteiger partial charge on any atom is 0.226 e. The molecule has 0 amide bonds. The summed E-state index contributed by atoms with van der Waals surface area (Å²) in [7, 11) is 0. The zero-order chi connectivity index (χ0) is 11.8. The molecule has 0 aliphatic carbocycles. The second-order valence-corrected chi connectivity index (χ2v) is 4.32. The van der Waals surface area contributed by atoms with Crippen molar-refractivity contribution in [2.75, 3.05) is 13.1 Å². The molecule has 0 unspecified atom stereocenters. The van der Waals surface area contributed by atoms with Gasteiger partial charge in [-0.1, -0.05) is 0 Å². The van der Waals surface area contributed by atoms with E-state index in [1.165, 1.54) is 12.1 Å².